The van der Waals surface area contributed by atoms with Gasteiger partial charge in [0, 0.05) is 36.6 Å². The Hall–Kier alpha value is -1.49. The topological polar surface area (TPSA) is 57.4 Å². The molecule has 5 nitrogen and oxygen atoms in total. The summed E-state index contributed by atoms with van der Waals surface area (Å²) >= 11 is 0. The van der Waals surface area contributed by atoms with Crippen molar-refractivity contribution in [2.45, 2.75) is 76.7 Å². The number of piperidine rings is 1. The lowest BCUT2D eigenvalue weighted by molar-refractivity contribution is 0.00465. The van der Waals surface area contributed by atoms with Gasteiger partial charge in [0.25, 0.3) is 0 Å². The van der Waals surface area contributed by atoms with Gasteiger partial charge in [0.05, 0.1) is 0 Å². The van der Waals surface area contributed by atoms with Crippen molar-refractivity contribution in [3.63, 3.8) is 0 Å². The lowest BCUT2D eigenvalue weighted by Crippen LogP contribution is -2.52. The van der Waals surface area contributed by atoms with Crippen molar-refractivity contribution in [3.8, 4) is 0 Å². The summed E-state index contributed by atoms with van der Waals surface area (Å²) in [6, 6.07) is 5.26. The quantitative estimate of drug-likeness (QED) is 0.902. The van der Waals surface area contributed by atoms with Crippen LogP contribution in [0.1, 0.15) is 52.1 Å². The summed E-state index contributed by atoms with van der Waals surface area (Å²) in [6.07, 6.45) is 6.07. The number of nitrogens with zero attached hydrogens (tertiary/aromatic N) is 1. The summed E-state index contributed by atoms with van der Waals surface area (Å²) in [7, 11) is 0. The van der Waals surface area contributed by atoms with Gasteiger partial charge in [-0.2, -0.15) is 0 Å². The predicted octanol–water partition coefficient (Wildman–Crippen LogP) is 3.03. The summed E-state index contributed by atoms with van der Waals surface area (Å²) < 4.78 is 5.57. The third-order valence-electron chi connectivity index (χ3n) is 4.58. The maximum atomic E-state index is 12.4. The zero-order valence-electron chi connectivity index (χ0n) is 13.8. The highest BCUT2D eigenvalue weighted by Gasteiger charge is 2.44. The van der Waals surface area contributed by atoms with Crippen molar-refractivity contribution >= 4 is 6.09 Å². The van der Waals surface area contributed by atoms with Gasteiger partial charge in [-0.05, 0) is 58.6 Å². The summed E-state index contributed by atoms with van der Waals surface area (Å²) in [5.74, 6) is 0. The second-order valence-electron chi connectivity index (χ2n) is 7.52. The molecule has 122 valence electrons. The van der Waals surface area contributed by atoms with Gasteiger partial charge in [-0.1, -0.05) is 0 Å². The lowest BCUT2D eigenvalue weighted by Gasteiger charge is -2.39. The molecule has 0 aliphatic carbocycles. The number of aromatic amines is 1. The molecule has 3 rings (SSSR count). The number of ether oxygens (including phenoxy) is 1. The molecule has 0 radical (unpaired) electrons. The third kappa shape index (κ3) is 3.46. The Kier molecular flexibility index (Phi) is 4.17. The lowest BCUT2D eigenvalue weighted by atomic mass is 9.97. The minimum absolute atomic E-state index is 0.136. The summed E-state index contributed by atoms with van der Waals surface area (Å²) in [6.45, 7) is 6.65. The van der Waals surface area contributed by atoms with Gasteiger partial charge in [-0.15, -0.1) is 0 Å². The number of hydrogen-bond donors (Lipinski definition) is 2. The molecule has 1 amide bonds. The van der Waals surface area contributed by atoms with Crippen LogP contribution in [0, 0.1) is 0 Å². The fraction of sp³-hybridized carbons (Fsp3) is 0.706. The Morgan fingerprint density at radius 2 is 2.05 bits per heavy atom. The van der Waals surface area contributed by atoms with Crippen molar-refractivity contribution in [2.24, 2.45) is 0 Å². The molecule has 2 bridgehead atoms. The zero-order valence-corrected chi connectivity index (χ0v) is 13.8. The standard InChI is InChI=1S/C17H27N3O2/c1-17(2,3)22-16(21)20-14-6-7-15(20)10-13(9-14)19-11-12-5-4-8-18-12/h4-5,8,13-15,18-19H,6-7,9-11H2,1-3H3. The van der Waals surface area contributed by atoms with Crippen LogP contribution < -0.4 is 5.32 Å². The predicted molar refractivity (Wildman–Crippen MR) is 85.5 cm³/mol. The van der Waals surface area contributed by atoms with Gasteiger partial charge >= 0.3 is 6.09 Å². The average molecular weight is 305 g/mol. The van der Waals surface area contributed by atoms with Crippen LogP contribution in [-0.2, 0) is 11.3 Å². The molecule has 2 aliphatic rings. The van der Waals surface area contributed by atoms with E-state index in [1.807, 2.05) is 37.9 Å². The molecule has 0 spiro atoms. The maximum Gasteiger partial charge on any atom is 0.410 e. The summed E-state index contributed by atoms with van der Waals surface area (Å²) in [4.78, 5) is 17.6. The highest BCUT2D eigenvalue weighted by Crippen LogP contribution is 2.36. The first-order chi connectivity index (χ1) is 10.4. The van der Waals surface area contributed by atoms with E-state index >= 15 is 0 Å². The van der Waals surface area contributed by atoms with E-state index < -0.39 is 5.60 Å². The minimum Gasteiger partial charge on any atom is -0.444 e. The van der Waals surface area contributed by atoms with Gasteiger partial charge in [-0.25, -0.2) is 4.79 Å². The Labute approximate surface area is 132 Å². The Morgan fingerprint density at radius 3 is 2.59 bits per heavy atom. The average Bonchev–Trinajstić information content (AvgIpc) is 3.01. The van der Waals surface area contributed by atoms with Gasteiger partial charge < -0.3 is 19.9 Å². The number of carbonyl (C=O) groups is 1. The number of fused-ring (bicyclic) bond motifs is 2. The highest BCUT2D eigenvalue weighted by atomic mass is 16.6. The fourth-order valence-electron chi connectivity index (χ4n) is 3.69. The van der Waals surface area contributed by atoms with E-state index in [0.717, 1.165) is 32.2 Å². The van der Waals surface area contributed by atoms with Crippen molar-refractivity contribution in [1.82, 2.24) is 15.2 Å². The Bertz CT molecular complexity index is 492. The molecule has 2 fully saturated rings. The third-order valence-corrected chi connectivity index (χ3v) is 4.58. The van der Waals surface area contributed by atoms with Crippen molar-refractivity contribution in [2.75, 3.05) is 0 Å². The normalized spacial score (nSPS) is 28.0. The number of carbonyl (C=O) groups excluding carboxylic acids is 1. The second kappa shape index (κ2) is 5.95. The van der Waals surface area contributed by atoms with Gasteiger partial charge in [0.1, 0.15) is 5.60 Å². The molecule has 2 N–H and O–H groups in total. The van der Waals surface area contributed by atoms with Crippen molar-refractivity contribution < 1.29 is 9.53 Å². The monoisotopic (exact) mass is 305 g/mol. The molecule has 3 heterocycles. The second-order valence-corrected chi connectivity index (χ2v) is 7.52. The van der Waals surface area contributed by atoms with E-state index in [9.17, 15) is 4.79 Å². The first kappa shape index (κ1) is 15.4. The first-order valence-electron chi connectivity index (χ1n) is 8.29. The van der Waals surface area contributed by atoms with Crippen LogP contribution in [0.2, 0.25) is 0 Å². The molecule has 22 heavy (non-hydrogen) atoms. The summed E-state index contributed by atoms with van der Waals surface area (Å²) in [5.41, 5.74) is 0.793. The molecule has 1 aromatic rings. The van der Waals surface area contributed by atoms with Gasteiger partial charge in [0.15, 0.2) is 0 Å². The van der Waals surface area contributed by atoms with E-state index in [1.165, 1.54) is 5.69 Å². The van der Waals surface area contributed by atoms with Crippen LogP contribution in [0.4, 0.5) is 4.79 Å². The maximum absolute atomic E-state index is 12.4. The van der Waals surface area contributed by atoms with Crippen LogP contribution in [0.15, 0.2) is 18.3 Å². The number of rotatable bonds is 3. The van der Waals surface area contributed by atoms with Crippen LogP contribution in [-0.4, -0.2) is 39.7 Å². The Balaban J connectivity index is 1.56. The van der Waals surface area contributed by atoms with Gasteiger partial charge in [-0.3, -0.25) is 0 Å². The SMILES string of the molecule is CC(C)(C)OC(=O)N1C2CCC1CC(NCc1ccc[nH]1)C2. The molecule has 2 aliphatic heterocycles. The number of H-pyrrole nitrogens is 1. The number of nitrogens with one attached hydrogen (secondary N) is 2. The molecular formula is C17H27N3O2. The van der Waals surface area contributed by atoms with Crippen molar-refractivity contribution in [3.05, 3.63) is 24.0 Å². The van der Waals surface area contributed by atoms with Crippen LogP contribution in [0.5, 0.6) is 0 Å². The van der Waals surface area contributed by atoms with Crippen LogP contribution >= 0.6 is 0 Å². The van der Waals surface area contributed by atoms with Crippen LogP contribution in [0.3, 0.4) is 0 Å². The molecule has 2 saturated heterocycles. The minimum atomic E-state index is -0.417. The Morgan fingerprint density at radius 1 is 1.36 bits per heavy atom. The first-order valence-corrected chi connectivity index (χ1v) is 8.29. The zero-order chi connectivity index (χ0) is 15.7. The molecular weight excluding hydrogens is 278 g/mol. The smallest absolute Gasteiger partial charge is 0.410 e. The number of amides is 1. The highest BCUT2D eigenvalue weighted by molar-refractivity contribution is 5.69. The van der Waals surface area contributed by atoms with Crippen molar-refractivity contribution in [1.29, 1.82) is 0 Å². The number of hydrogen-bond acceptors (Lipinski definition) is 3. The molecule has 1 aromatic heterocycles. The molecule has 5 heteroatoms. The number of aromatic nitrogens is 1. The van der Waals surface area contributed by atoms with E-state index in [4.69, 9.17) is 4.74 Å². The molecule has 2 atom stereocenters. The molecule has 2 unspecified atom stereocenters. The molecule has 0 aromatic carbocycles. The van der Waals surface area contributed by atoms with Crippen LogP contribution in [0.25, 0.3) is 0 Å². The van der Waals surface area contributed by atoms with E-state index in [2.05, 4.69) is 16.4 Å². The van der Waals surface area contributed by atoms with E-state index in [1.54, 1.807) is 0 Å². The largest absolute Gasteiger partial charge is 0.444 e. The van der Waals surface area contributed by atoms with Gasteiger partial charge in [0.2, 0.25) is 0 Å². The summed E-state index contributed by atoms with van der Waals surface area (Å²) in [5, 5.41) is 3.62. The fourth-order valence-corrected chi connectivity index (χ4v) is 3.69. The van der Waals surface area contributed by atoms with E-state index in [0.29, 0.717) is 18.1 Å². The molecule has 0 saturated carbocycles. The van der Waals surface area contributed by atoms with E-state index in [-0.39, 0.29) is 6.09 Å².